The van der Waals surface area contributed by atoms with E-state index in [0.29, 0.717) is 58.7 Å². The molecule has 0 heterocycles. The molecule has 0 radical (unpaired) electrons. The van der Waals surface area contributed by atoms with Crippen LogP contribution in [0.2, 0.25) is 0 Å². The Morgan fingerprint density at radius 1 is 0.278 bits per heavy atom. The summed E-state index contributed by atoms with van der Waals surface area (Å²) >= 11 is 0. The summed E-state index contributed by atoms with van der Waals surface area (Å²) in [5, 5.41) is 0. The lowest BCUT2D eigenvalue weighted by molar-refractivity contribution is -0.145. The summed E-state index contributed by atoms with van der Waals surface area (Å²) in [5.41, 5.74) is 0. The van der Waals surface area contributed by atoms with E-state index >= 15 is 0 Å². The van der Waals surface area contributed by atoms with Gasteiger partial charge in [0.2, 0.25) is 0 Å². The van der Waals surface area contributed by atoms with Gasteiger partial charge in [0.05, 0.1) is 0 Å². The van der Waals surface area contributed by atoms with Crippen molar-refractivity contribution in [1.82, 2.24) is 19.6 Å². The Bertz CT molecular complexity index is 1470. The maximum atomic E-state index is 12.5. The quantitative estimate of drug-likeness (QED) is 0.0254. The number of hydrogen-bond acceptors (Lipinski definition) is 10. The third kappa shape index (κ3) is 59.9. The van der Waals surface area contributed by atoms with Gasteiger partial charge in [0.25, 0.3) is 0 Å². The van der Waals surface area contributed by atoms with Crippen LogP contribution in [0.3, 0.4) is 0 Å². The third-order valence-corrected chi connectivity index (χ3v) is 13.7. The predicted octanol–water partition coefficient (Wildman–Crippen LogP) is 16.5. The fourth-order valence-electron chi connectivity index (χ4n) is 8.43. The first-order chi connectivity index (χ1) is 38.7. The van der Waals surface area contributed by atoms with E-state index in [1.54, 1.807) is 0 Å². The van der Waals surface area contributed by atoms with Crippen molar-refractivity contribution < 1.29 is 28.6 Å². The molecule has 0 rings (SSSR count). The van der Waals surface area contributed by atoms with Crippen molar-refractivity contribution in [1.29, 1.82) is 0 Å². The third-order valence-electron chi connectivity index (χ3n) is 13.7. The van der Waals surface area contributed by atoms with Crippen LogP contribution in [0.5, 0.6) is 0 Å². The van der Waals surface area contributed by atoms with Crippen molar-refractivity contribution in [2.45, 2.75) is 213 Å². The Labute approximate surface area is 486 Å². The topological polar surface area (TPSA) is 91.9 Å². The van der Waals surface area contributed by atoms with Crippen LogP contribution >= 0.6 is 0 Å². The second-order valence-electron chi connectivity index (χ2n) is 21.2. The van der Waals surface area contributed by atoms with Crippen LogP contribution in [0.25, 0.3) is 0 Å². The minimum Gasteiger partial charge on any atom is -0.464 e. The largest absolute Gasteiger partial charge is 0.464 e. The molecule has 0 fully saturated rings. The molecule has 0 aromatic carbocycles. The van der Waals surface area contributed by atoms with Gasteiger partial charge in [-0.3, -0.25) is 19.3 Å². The number of likely N-dealkylation sites (N-methyl/N-ethyl adjacent to an activating group) is 3. The number of allylic oxidation sites excluding steroid dienone is 18. The second-order valence-corrected chi connectivity index (χ2v) is 21.2. The molecule has 0 aromatic heterocycles. The van der Waals surface area contributed by atoms with Crippen molar-refractivity contribution in [2.75, 3.05) is 99.9 Å². The fraction of sp³-hybridized carbons (Fsp3) is 0.696. The van der Waals surface area contributed by atoms with Crippen LogP contribution in [0.1, 0.15) is 213 Å². The molecule has 0 aliphatic heterocycles. The average Bonchev–Trinajstić information content (AvgIpc) is 3.43. The Kier molecular flexibility index (Phi) is 58.3. The summed E-state index contributed by atoms with van der Waals surface area (Å²) in [4.78, 5) is 46.7. The Morgan fingerprint density at radius 2 is 0.506 bits per heavy atom. The number of ether oxygens (including phenoxy) is 3. The van der Waals surface area contributed by atoms with Crippen LogP contribution in [0.15, 0.2) is 109 Å². The Balaban J connectivity index is 4.63. The van der Waals surface area contributed by atoms with Crippen molar-refractivity contribution in [2.24, 2.45) is 0 Å². The van der Waals surface area contributed by atoms with Crippen molar-refractivity contribution >= 4 is 17.9 Å². The van der Waals surface area contributed by atoms with Crippen LogP contribution < -0.4 is 0 Å². The predicted molar refractivity (Wildman–Crippen MR) is 340 cm³/mol. The van der Waals surface area contributed by atoms with Gasteiger partial charge in [-0.05, 0) is 137 Å². The molecule has 0 aliphatic carbocycles. The molecule has 0 aliphatic rings. The highest BCUT2D eigenvalue weighted by Crippen LogP contribution is 2.12. The Morgan fingerprint density at radius 3 is 0.772 bits per heavy atom. The highest BCUT2D eigenvalue weighted by atomic mass is 16.5. The van der Waals surface area contributed by atoms with Crippen LogP contribution in [-0.2, 0) is 28.6 Å². The summed E-state index contributed by atoms with van der Waals surface area (Å²) in [5.74, 6) is -0.294. The number of nitrogens with zero attached hydrogens (tertiary/aromatic N) is 4. The minimum atomic E-state index is -0.0980. The van der Waals surface area contributed by atoms with E-state index in [9.17, 15) is 14.4 Å². The number of esters is 3. The maximum Gasteiger partial charge on any atom is 0.305 e. The lowest BCUT2D eigenvalue weighted by atomic mass is 10.1. The van der Waals surface area contributed by atoms with Gasteiger partial charge in [0.15, 0.2) is 0 Å². The highest BCUT2D eigenvalue weighted by Gasteiger charge is 2.13. The smallest absolute Gasteiger partial charge is 0.305 e. The van der Waals surface area contributed by atoms with Crippen molar-refractivity contribution in [3.05, 3.63) is 109 Å². The molecule has 0 aromatic rings. The maximum absolute atomic E-state index is 12.5. The minimum absolute atomic E-state index is 0.0980. The zero-order valence-electron chi connectivity index (χ0n) is 51.8. The highest BCUT2D eigenvalue weighted by molar-refractivity contribution is 5.69. The zero-order chi connectivity index (χ0) is 57.6. The molecular formula is C69H120N4O6. The number of hydrogen-bond donors (Lipinski definition) is 0. The number of rotatable bonds is 57. The van der Waals surface area contributed by atoms with Crippen molar-refractivity contribution in [3.8, 4) is 0 Å². The van der Waals surface area contributed by atoms with E-state index in [4.69, 9.17) is 14.2 Å². The van der Waals surface area contributed by atoms with Gasteiger partial charge >= 0.3 is 17.9 Å². The molecule has 0 spiro atoms. The molecular weight excluding hydrogens is 981 g/mol. The first-order valence-corrected chi connectivity index (χ1v) is 31.8. The van der Waals surface area contributed by atoms with Crippen LogP contribution in [0, 0.1) is 0 Å². The molecule has 0 bridgehead atoms. The van der Waals surface area contributed by atoms with E-state index in [2.05, 4.69) is 171 Å². The first-order valence-electron chi connectivity index (χ1n) is 31.8. The number of unbranched alkanes of at least 4 members (excludes halogenated alkanes) is 15. The van der Waals surface area contributed by atoms with E-state index in [-0.39, 0.29) is 17.9 Å². The lowest BCUT2D eigenvalue weighted by Gasteiger charge is -2.29. The molecule has 0 unspecified atom stereocenters. The Hall–Kier alpha value is -4.09. The standard InChI is InChI=1S/C69H120N4O6/c1-7-10-13-16-19-22-25-28-31-34-37-40-43-46-49-52-67(74)77-64-61-70(4)55-58-73(59-56-71(5)62-65-78-68(75)53-50-47-44-41-38-35-32-29-26-23-20-17-14-11-8-2)60-57-72(6)63-66-79-69(76)54-51-48-45-42-39-36-33-30-27-24-21-18-15-12-9-3/h10-15,19-24,28-33H,7-9,16-18,25-27,34-66H2,1-6H3/b13-10-,14-11-,15-12-,22-19-,23-20-,24-21-,31-28-,32-29-,33-30-. The van der Waals surface area contributed by atoms with Gasteiger partial charge in [0, 0.05) is 78.2 Å². The molecule has 10 nitrogen and oxygen atoms in total. The normalized spacial score (nSPS) is 12.7. The summed E-state index contributed by atoms with van der Waals surface area (Å²) in [6, 6.07) is 0. The summed E-state index contributed by atoms with van der Waals surface area (Å²) in [6.45, 7) is 14.9. The fourth-order valence-corrected chi connectivity index (χ4v) is 8.43. The molecule has 0 saturated carbocycles. The molecule has 79 heavy (non-hydrogen) atoms. The van der Waals surface area contributed by atoms with E-state index < -0.39 is 0 Å². The summed E-state index contributed by atoms with van der Waals surface area (Å²) in [6.07, 6.45) is 71.0. The van der Waals surface area contributed by atoms with Crippen LogP contribution in [-0.4, -0.2) is 137 Å². The molecule has 0 N–H and O–H groups in total. The molecule has 452 valence electrons. The van der Waals surface area contributed by atoms with E-state index in [0.717, 1.165) is 174 Å². The second kappa shape index (κ2) is 61.5. The SMILES string of the molecule is CC/C=C\C/C=C\C/C=C\CCCCCCCC(=O)OCCN(C)CCN(CCN(C)CCOC(=O)CCCCCCC/C=C\C/C=C\C/C=C\CC)CCN(C)CCOC(=O)CCCCCCC/C=C\C/C=C\C/C=C\CC. The van der Waals surface area contributed by atoms with E-state index in [1.165, 1.54) is 38.5 Å². The number of carbonyl (C=O) groups excluding carboxylic acids is 3. The zero-order valence-corrected chi connectivity index (χ0v) is 51.8. The average molecular weight is 1100 g/mol. The molecule has 10 heteroatoms. The number of carbonyl (C=O) groups is 3. The monoisotopic (exact) mass is 1100 g/mol. The van der Waals surface area contributed by atoms with Gasteiger partial charge in [-0.25, -0.2) is 0 Å². The van der Waals surface area contributed by atoms with E-state index in [1.807, 2.05) is 0 Å². The summed E-state index contributed by atoms with van der Waals surface area (Å²) < 4.78 is 16.9. The molecule has 0 saturated heterocycles. The molecule has 0 amide bonds. The van der Waals surface area contributed by atoms with Gasteiger partial charge in [-0.2, -0.15) is 0 Å². The first kappa shape index (κ1) is 74.9. The van der Waals surface area contributed by atoms with Crippen molar-refractivity contribution in [3.63, 3.8) is 0 Å². The molecule has 0 atom stereocenters. The van der Waals surface area contributed by atoms with Gasteiger partial charge in [-0.1, -0.05) is 188 Å². The van der Waals surface area contributed by atoms with Gasteiger partial charge < -0.3 is 28.9 Å². The van der Waals surface area contributed by atoms with Crippen LogP contribution in [0.4, 0.5) is 0 Å². The summed E-state index contributed by atoms with van der Waals surface area (Å²) in [7, 11) is 6.27. The van der Waals surface area contributed by atoms with Gasteiger partial charge in [0.1, 0.15) is 19.8 Å². The van der Waals surface area contributed by atoms with Gasteiger partial charge in [-0.15, -0.1) is 0 Å². The lowest BCUT2D eigenvalue weighted by Crippen LogP contribution is -2.42.